The Balaban J connectivity index is 0.000000376. The number of aldehydes is 1. The third-order valence-electron chi connectivity index (χ3n) is 8.86. The molecule has 14 heteroatoms. The number of unbranched alkanes of at least 4 members (excludes halogenated alkanes) is 1. The molecule has 5 rings (SSSR count). The molecule has 8 nitrogen and oxygen atoms in total. The number of para-hydroxylation sites is 1. The molecule has 0 amide bonds. The Morgan fingerprint density at radius 1 is 0.920 bits per heavy atom. The predicted molar refractivity (Wildman–Crippen MR) is 196 cm³/mol. The summed E-state index contributed by atoms with van der Waals surface area (Å²) in [5, 5.41) is 28.0. The van der Waals surface area contributed by atoms with Gasteiger partial charge in [-0.1, -0.05) is 61.5 Å². The molecule has 1 aliphatic carbocycles. The van der Waals surface area contributed by atoms with Crippen molar-refractivity contribution in [3.63, 3.8) is 0 Å². The molecular weight excluding hydrogens is 714 g/mol. The number of carbonyl (C=O) groups is 2. The number of Topliss-reactive ketones (excluding diaryl/α,β-unsaturated/α-hetero) is 1. The highest BCUT2D eigenvalue weighted by Gasteiger charge is 2.41. The Hall–Kier alpha value is -2.42. The van der Waals surface area contributed by atoms with Crippen LogP contribution >= 0.6 is 36.6 Å². The lowest BCUT2D eigenvalue weighted by Crippen LogP contribution is -2.47. The van der Waals surface area contributed by atoms with Crippen molar-refractivity contribution in [2.75, 3.05) is 57.3 Å². The van der Waals surface area contributed by atoms with Crippen LogP contribution in [-0.2, 0) is 15.8 Å². The lowest BCUT2D eigenvalue weighted by atomic mass is 9.76. The molecule has 1 saturated heterocycles. The molecule has 1 saturated carbocycles. The van der Waals surface area contributed by atoms with Crippen molar-refractivity contribution in [1.29, 1.82) is 0 Å². The van der Waals surface area contributed by atoms with Crippen LogP contribution < -0.4 is 4.90 Å². The van der Waals surface area contributed by atoms with E-state index in [0.717, 1.165) is 67.5 Å². The van der Waals surface area contributed by atoms with Gasteiger partial charge in [0.2, 0.25) is 0 Å². The molecule has 0 aromatic heterocycles. The highest BCUT2D eigenvalue weighted by Crippen LogP contribution is 2.49. The van der Waals surface area contributed by atoms with Crippen LogP contribution in [0.4, 0.5) is 24.5 Å². The number of hydrogen-bond acceptors (Lipinski definition) is 9. The molecule has 2 aromatic rings. The molecule has 2 aliphatic heterocycles. The summed E-state index contributed by atoms with van der Waals surface area (Å²) in [5.74, 6) is -1.77. The van der Waals surface area contributed by atoms with E-state index in [2.05, 4.69) is 16.7 Å². The highest BCUT2D eigenvalue weighted by atomic mass is 35.5. The molecule has 278 valence electrons. The van der Waals surface area contributed by atoms with Crippen molar-refractivity contribution in [3.05, 3.63) is 72.3 Å². The molecule has 4 unspecified atom stereocenters. The van der Waals surface area contributed by atoms with Gasteiger partial charge >= 0.3 is 6.18 Å². The summed E-state index contributed by atoms with van der Waals surface area (Å²) in [4.78, 5) is 31.1. The van der Waals surface area contributed by atoms with E-state index < -0.39 is 35.6 Å². The number of β-amino-alcohol motifs (C(OH)–C–C–N with tert-alkyl or cyclic N) is 1. The van der Waals surface area contributed by atoms with Crippen LogP contribution in [0.2, 0.25) is 0 Å². The minimum Gasteiger partial charge on any atom is -0.395 e. The Morgan fingerprint density at radius 3 is 2.22 bits per heavy atom. The zero-order valence-electron chi connectivity index (χ0n) is 28.1. The van der Waals surface area contributed by atoms with Crippen molar-refractivity contribution in [1.82, 2.24) is 9.80 Å². The topological polar surface area (TPSA) is 105 Å². The Kier molecular flexibility index (Phi) is 18.5. The van der Waals surface area contributed by atoms with Crippen LogP contribution in [0.25, 0.3) is 0 Å². The number of aliphatic hydroxyl groups is 3. The number of nitrogens with zero attached hydrogens (tertiary/aromatic N) is 3. The van der Waals surface area contributed by atoms with Gasteiger partial charge in [0, 0.05) is 49.1 Å². The lowest BCUT2D eigenvalue weighted by molar-refractivity contribution is -0.146. The van der Waals surface area contributed by atoms with E-state index >= 15 is 0 Å². The van der Waals surface area contributed by atoms with E-state index in [0.29, 0.717) is 25.1 Å². The Bertz CT molecular complexity index is 1430. The maximum Gasteiger partial charge on any atom is 0.416 e. The minimum atomic E-state index is -4.35. The number of carbonyl (C=O) groups excluding carboxylic acids is 2. The average molecular weight is 763 g/mol. The summed E-state index contributed by atoms with van der Waals surface area (Å²) in [6.07, 6.45) is 4.24. The average Bonchev–Trinajstić information content (AvgIpc) is 3.07. The molecule has 0 spiro atoms. The van der Waals surface area contributed by atoms with Gasteiger partial charge in [-0.3, -0.25) is 9.69 Å². The summed E-state index contributed by atoms with van der Waals surface area (Å²) in [6.45, 7) is 8.37. The van der Waals surface area contributed by atoms with E-state index in [4.69, 9.17) is 5.11 Å². The van der Waals surface area contributed by atoms with Gasteiger partial charge in [0.1, 0.15) is 12.4 Å². The number of rotatable bonds is 11. The quantitative estimate of drug-likeness (QED) is 0.141. The molecule has 3 aliphatic rings. The zero-order valence-corrected chi connectivity index (χ0v) is 30.5. The van der Waals surface area contributed by atoms with Gasteiger partial charge in [0.05, 0.1) is 35.6 Å². The summed E-state index contributed by atoms with van der Waals surface area (Å²) in [7, 11) is 0. The standard InChI is InChI=1S/C22H26F3N3OS.C14H20O4.2ClH/c23-22(24,25)17-6-7-21-19(16-17)28(18-4-1-2-5-20(18)30-21)9-3-8-26-10-12-27(13-11-26)14-15-29;1-2-3-4-5-6-7-10-8-12(16)14(18)13(17)11(10)9-15;;/h1-2,4-7,16,29H,3,8-15H2;4-7,9-12,14,16,18H,2-3,8H2,1H3;2*1H. The molecule has 0 bridgehead atoms. The van der Waals surface area contributed by atoms with Gasteiger partial charge in [0.25, 0.3) is 0 Å². The van der Waals surface area contributed by atoms with Gasteiger partial charge in [-0.2, -0.15) is 13.2 Å². The first kappa shape index (κ1) is 43.7. The first-order valence-corrected chi connectivity index (χ1v) is 17.4. The van der Waals surface area contributed by atoms with Crippen LogP contribution in [-0.4, -0.2) is 102 Å². The van der Waals surface area contributed by atoms with Crippen LogP contribution in [0, 0.1) is 11.8 Å². The maximum absolute atomic E-state index is 13.3. The van der Waals surface area contributed by atoms with Gasteiger partial charge in [-0.25, -0.2) is 0 Å². The van der Waals surface area contributed by atoms with E-state index in [-0.39, 0.29) is 43.8 Å². The number of hydrogen-bond donors (Lipinski definition) is 3. The first-order chi connectivity index (χ1) is 23.1. The number of alkyl halides is 3. The first-order valence-electron chi connectivity index (χ1n) is 16.6. The second-order valence-electron chi connectivity index (χ2n) is 12.2. The van der Waals surface area contributed by atoms with Gasteiger partial charge in [-0.05, 0) is 62.1 Å². The molecule has 4 atom stereocenters. The third-order valence-corrected chi connectivity index (χ3v) is 9.99. The summed E-state index contributed by atoms with van der Waals surface area (Å²) in [5.41, 5.74) is 1.01. The fourth-order valence-corrected chi connectivity index (χ4v) is 7.22. The highest BCUT2D eigenvalue weighted by molar-refractivity contribution is 7.99. The normalized spacial score (nSPS) is 22.6. The minimum absolute atomic E-state index is 0. The molecule has 50 heavy (non-hydrogen) atoms. The zero-order chi connectivity index (χ0) is 34.7. The van der Waals surface area contributed by atoms with E-state index in [1.165, 1.54) is 23.9 Å². The van der Waals surface area contributed by atoms with E-state index in [1.807, 2.05) is 41.3 Å². The smallest absolute Gasteiger partial charge is 0.395 e. The lowest BCUT2D eigenvalue weighted by Gasteiger charge is -2.36. The van der Waals surface area contributed by atoms with Crippen molar-refractivity contribution >= 4 is 60.0 Å². The number of piperazine rings is 1. The number of ketones is 1. The monoisotopic (exact) mass is 761 g/mol. The van der Waals surface area contributed by atoms with Gasteiger partial charge < -0.3 is 29.9 Å². The van der Waals surface area contributed by atoms with Crippen LogP contribution in [0.5, 0.6) is 0 Å². The largest absolute Gasteiger partial charge is 0.416 e. The van der Waals surface area contributed by atoms with Crippen LogP contribution in [0.3, 0.4) is 0 Å². The number of benzene rings is 2. The SMILES string of the molecule is CCCC=CC=CC1CC(O)C(O)C(=O)C1C=O.Cl.Cl.OCCN1CCN(CCCN2c3ccccc3Sc3ccc(C(F)(F)F)cc32)CC1. The molecule has 2 aromatic carbocycles. The Labute approximate surface area is 309 Å². The summed E-state index contributed by atoms with van der Waals surface area (Å²) in [6, 6.07) is 11.9. The van der Waals surface area contributed by atoms with E-state index in [9.17, 15) is 33.0 Å². The fourth-order valence-electron chi connectivity index (χ4n) is 6.14. The Morgan fingerprint density at radius 2 is 1.58 bits per heavy atom. The van der Waals surface area contributed by atoms with Gasteiger partial charge in [0.15, 0.2) is 5.78 Å². The molecule has 0 radical (unpaired) electrons. The molecular formula is C36H48Cl2F3N3O5S. The van der Waals surface area contributed by atoms with Gasteiger partial charge in [-0.15, -0.1) is 24.8 Å². The number of aliphatic hydroxyl groups excluding tert-OH is 3. The van der Waals surface area contributed by atoms with Crippen molar-refractivity contribution in [3.8, 4) is 0 Å². The van der Waals surface area contributed by atoms with Crippen LogP contribution in [0.1, 0.15) is 38.2 Å². The number of anilines is 2. The molecule has 3 N–H and O–H groups in total. The van der Waals surface area contributed by atoms with Crippen molar-refractivity contribution < 1.29 is 38.1 Å². The molecule has 2 heterocycles. The predicted octanol–water partition coefficient (Wildman–Crippen LogP) is 6.18. The fraction of sp³-hybridized carbons (Fsp3) is 0.500. The second kappa shape index (κ2) is 21.2. The second-order valence-corrected chi connectivity index (χ2v) is 13.3. The molecule has 2 fully saturated rings. The maximum atomic E-state index is 13.3. The number of halogens is 5. The van der Waals surface area contributed by atoms with Crippen molar-refractivity contribution in [2.45, 2.75) is 60.8 Å². The number of fused-ring (bicyclic) bond motifs is 2. The van der Waals surface area contributed by atoms with E-state index in [1.54, 1.807) is 18.2 Å². The van der Waals surface area contributed by atoms with Crippen molar-refractivity contribution in [2.24, 2.45) is 11.8 Å². The summed E-state index contributed by atoms with van der Waals surface area (Å²) >= 11 is 1.53. The third kappa shape index (κ3) is 11.8. The number of allylic oxidation sites excluding steroid dienone is 4. The van der Waals surface area contributed by atoms with Crippen LogP contribution in [0.15, 0.2) is 76.6 Å². The summed E-state index contributed by atoms with van der Waals surface area (Å²) < 4.78 is 39.9.